The lowest BCUT2D eigenvalue weighted by atomic mass is 9.87. The van der Waals surface area contributed by atoms with Gasteiger partial charge in [-0.15, -0.1) is 0 Å². The molecule has 0 saturated carbocycles. The lowest BCUT2D eigenvalue weighted by Crippen LogP contribution is -2.47. The van der Waals surface area contributed by atoms with Crippen molar-refractivity contribution in [1.82, 2.24) is 4.90 Å². The first-order valence-electron chi connectivity index (χ1n) is 9.59. The van der Waals surface area contributed by atoms with E-state index in [4.69, 9.17) is 4.74 Å². The summed E-state index contributed by atoms with van der Waals surface area (Å²) in [6.45, 7) is 25.4. The van der Waals surface area contributed by atoms with Gasteiger partial charge in [0.1, 0.15) is 0 Å². The van der Waals surface area contributed by atoms with Gasteiger partial charge in [-0.25, -0.2) is 0 Å². The van der Waals surface area contributed by atoms with E-state index in [1.165, 1.54) is 5.56 Å². The zero-order valence-corrected chi connectivity index (χ0v) is 18.1. The van der Waals surface area contributed by atoms with Gasteiger partial charge >= 0.3 is 0 Å². The first-order valence-corrected chi connectivity index (χ1v) is 9.59. The number of ether oxygens (including phenoxy) is 1. The summed E-state index contributed by atoms with van der Waals surface area (Å²) in [5.41, 5.74) is 2.01. The lowest BCUT2D eigenvalue weighted by molar-refractivity contribution is -0.00389. The third-order valence-electron chi connectivity index (χ3n) is 3.60. The third kappa shape index (κ3) is 11.6. The highest BCUT2D eigenvalue weighted by Gasteiger charge is 2.22. The van der Waals surface area contributed by atoms with Crippen LogP contribution in [-0.4, -0.2) is 36.7 Å². The molecule has 0 bridgehead atoms. The van der Waals surface area contributed by atoms with Crippen molar-refractivity contribution >= 4 is 0 Å². The summed E-state index contributed by atoms with van der Waals surface area (Å²) in [7, 11) is 0. The Labute approximate surface area is 152 Å². The molecule has 2 nitrogen and oxygen atoms in total. The number of rotatable bonds is 0. The molecule has 2 rings (SSSR count). The van der Waals surface area contributed by atoms with Crippen LogP contribution in [0, 0.1) is 0 Å². The van der Waals surface area contributed by atoms with Crippen LogP contribution in [0.4, 0.5) is 0 Å². The first kappa shape index (κ1) is 25.4. The van der Waals surface area contributed by atoms with Crippen LogP contribution in [0.2, 0.25) is 0 Å². The minimum Gasteiger partial charge on any atom is -0.379 e. The average Bonchev–Trinajstić information content (AvgIpc) is 2.59. The minimum absolute atomic E-state index is 0.293. The van der Waals surface area contributed by atoms with E-state index in [0.717, 1.165) is 26.3 Å². The molecule has 0 atom stereocenters. The maximum atomic E-state index is 5.25. The molecule has 0 radical (unpaired) electrons. The molecule has 0 aromatic heterocycles. The van der Waals surface area contributed by atoms with E-state index in [9.17, 15) is 0 Å². The van der Waals surface area contributed by atoms with Gasteiger partial charge < -0.3 is 4.74 Å². The van der Waals surface area contributed by atoms with Crippen molar-refractivity contribution in [1.29, 1.82) is 0 Å². The molecule has 1 aromatic rings. The quantitative estimate of drug-likeness (QED) is 0.562. The van der Waals surface area contributed by atoms with Crippen LogP contribution in [0.25, 0.3) is 0 Å². The predicted molar refractivity (Wildman–Crippen MR) is 110 cm³/mol. The van der Waals surface area contributed by atoms with Crippen molar-refractivity contribution in [3.63, 3.8) is 0 Å². The second-order valence-corrected chi connectivity index (χ2v) is 7.39. The first-order chi connectivity index (χ1) is 11.2. The Bertz CT molecular complexity index is 367. The summed E-state index contributed by atoms with van der Waals surface area (Å²) in [4.78, 5) is 2.45. The summed E-state index contributed by atoms with van der Waals surface area (Å²) in [5, 5.41) is 0. The molecule has 0 aliphatic carbocycles. The molecule has 24 heavy (non-hydrogen) atoms. The highest BCUT2D eigenvalue weighted by atomic mass is 16.5. The van der Waals surface area contributed by atoms with Gasteiger partial charge in [-0.1, -0.05) is 78.8 Å². The molecular weight excluding hydrogens is 294 g/mol. The molecule has 0 N–H and O–H groups in total. The van der Waals surface area contributed by atoms with E-state index in [1.807, 2.05) is 27.7 Å². The third-order valence-corrected chi connectivity index (χ3v) is 3.60. The van der Waals surface area contributed by atoms with Gasteiger partial charge in [0.2, 0.25) is 0 Å². The van der Waals surface area contributed by atoms with E-state index < -0.39 is 0 Å². The number of hydrogen-bond donors (Lipinski definition) is 0. The van der Waals surface area contributed by atoms with E-state index in [0.29, 0.717) is 11.0 Å². The second-order valence-electron chi connectivity index (χ2n) is 7.39. The van der Waals surface area contributed by atoms with Crippen LogP contribution in [0.3, 0.4) is 0 Å². The summed E-state index contributed by atoms with van der Waals surface area (Å²) in [6.07, 6.45) is 0. The van der Waals surface area contributed by atoms with Gasteiger partial charge in [0.25, 0.3) is 0 Å². The number of benzene rings is 1. The topological polar surface area (TPSA) is 12.5 Å². The number of nitrogens with zero attached hydrogens (tertiary/aromatic N) is 1. The molecule has 1 heterocycles. The van der Waals surface area contributed by atoms with E-state index in [2.05, 4.69) is 76.8 Å². The second kappa shape index (κ2) is 13.4. The monoisotopic (exact) mass is 337 g/mol. The maximum absolute atomic E-state index is 5.25. The van der Waals surface area contributed by atoms with E-state index in [1.54, 1.807) is 0 Å². The predicted octanol–water partition coefficient (Wildman–Crippen LogP) is 6.15. The molecule has 142 valence electrons. The molecule has 1 fully saturated rings. The summed E-state index contributed by atoms with van der Waals surface area (Å²) in [6, 6.07) is 10.6. The smallest absolute Gasteiger partial charge is 0.0594 e. The van der Waals surface area contributed by atoms with Crippen molar-refractivity contribution in [2.45, 2.75) is 80.2 Å². The molecule has 2 heteroatoms. The van der Waals surface area contributed by atoms with Gasteiger partial charge in [-0.3, -0.25) is 4.90 Å². The summed E-state index contributed by atoms with van der Waals surface area (Å²) < 4.78 is 5.25. The van der Waals surface area contributed by atoms with Crippen LogP contribution < -0.4 is 0 Å². The normalized spacial score (nSPS) is 14.9. The fourth-order valence-corrected chi connectivity index (χ4v) is 2.17. The Hall–Kier alpha value is -0.860. The number of morpholine rings is 1. The lowest BCUT2D eigenvalue weighted by Gasteiger charge is -2.38. The Kier molecular flexibility index (Phi) is 14.2. The Morgan fingerprint density at radius 2 is 1.17 bits per heavy atom. The van der Waals surface area contributed by atoms with Crippen molar-refractivity contribution < 1.29 is 4.74 Å². The van der Waals surface area contributed by atoms with Crippen molar-refractivity contribution in [2.75, 3.05) is 26.3 Å². The molecule has 1 aliphatic heterocycles. The highest BCUT2D eigenvalue weighted by molar-refractivity contribution is 5.21. The van der Waals surface area contributed by atoms with Gasteiger partial charge in [0.05, 0.1) is 13.2 Å². The molecule has 0 unspecified atom stereocenters. The molecular formula is C22H43NO. The molecule has 1 aliphatic rings. The zero-order valence-electron chi connectivity index (χ0n) is 18.1. The van der Waals surface area contributed by atoms with Gasteiger partial charge in [-0.05, 0) is 31.7 Å². The SMILES string of the molecule is CC.CC.CC(C)(C)N1CCOCC1.CC(C)(C)c1ccccc1. The van der Waals surface area contributed by atoms with Crippen LogP contribution in [0.5, 0.6) is 0 Å². The van der Waals surface area contributed by atoms with Gasteiger partial charge in [0, 0.05) is 18.6 Å². The molecule has 1 aromatic carbocycles. The van der Waals surface area contributed by atoms with E-state index >= 15 is 0 Å². The largest absolute Gasteiger partial charge is 0.379 e. The molecule has 0 spiro atoms. The van der Waals surface area contributed by atoms with Gasteiger partial charge in [-0.2, -0.15) is 0 Å². The van der Waals surface area contributed by atoms with Crippen molar-refractivity contribution in [2.24, 2.45) is 0 Å². The Morgan fingerprint density at radius 3 is 1.42 bits per heavy atom. The van der Waals surface area contributed by atoms with Crippen LogP contribution >= 0.6 is 0 Å². The Balaban J connectivity index is 0. The van der Waals surface area contributed by atoms with Crippen molar-refractivity contribution in [3.8, 4) is 0 Å². The molecule has 0 amide bonds. The highest BCUT2D eigenvalue weighted by Crippen LogP contribution is 2.20. The minimum atomic E-state index is 0.293. The molecule has 1 saturated heterocycles. The standard InChI is InChI=1S/C10H14.C8H17NO.2C2H6/c1-10(2,3)9-7-5-4-6-8-9;1-8(2,3)9-4-6-10-7-5-9;2*1-2/h4-8H,1-3H3;4-7H2,1-3H3;2*1-2H3. The average molecular weight is 338 g/mol. The van der Waals surface area contributed by atoms with Gasteiger partial charge in [0.15, 0.2) is 0 Å². The summed E-state index contributed by atoms with van der Waals surface area (Å²) in [5.74, 6) is 0. The number of hydrogen-bond acceptors (Lipinski definition) is 2. The fraction of sp³-hybridized carbons (Fsp3) is 0.727. The van der Waals surface area contributed by atoms with E-state index in [-0.39, 0.29) is 0 Å². The summed E-state index contributed by atoms with van der Waals surface area (Å²) >= 11 is 0. The van der Waals surface area contributed by atoms with Crippen LogP contribution in [0.1, 0.15) is 74.8 Å². The van der Waals surface area contributed by atoms with Crippen LogP contribution in [0.15, 0.2) is 30.3 Å². The van der Waals surface area contributed by atoms with Crippen molar-refractivity contribution in [3.05, 3.63) is 35.9 Å². The maximum Gasteiger partial charge on any atom is 0.0594 e. The van der Waals surface area contributed by atoms with Crippen LogP contribution in [-0.2, 0) is 10.2 Å². The fourth-order valence-electron chi connectivity index (χ4n) is 2.17. The Morgan fingerprint density at radius 1 is 0.750 bits per heavy atom. The zero-order chi connectivity index (χ0) is 19.2.